The Morgan fingerprint density at radius 3 is 2.27 bits per heavy atom. The summed E-state index contributed by atoms with van der Waals surface area (Å²) >= 11 is 6.00. The summed E-state index contributed by atoms with van der Waals surface area (Å²) in [5, 5.41) is 3.15. The molecule has 130 valence electrons. The number of carbonyl (C=O) groups excluding carboxylic acids is 2. The first-order valence-electron chi connectivity index (χ1n) is 8.01. The first-order valence-corrected chi connectivity index (χ1v) is 8.39. The summed E-state index contributed by atoms with van der Waals surface area (Å²) in [6, 6.07) is 22.7. The SMILES string of the molecule is O=C(COc1ccccc1Cl)Nc1ccccc1C(=O)c1ccccc1. The van der Waals surface area contributed by atoms with E-state index in [0.717, 1.165) is 0 Å². The first kappa shape index (κ1) is 17.7. The third kappa shape index (κ3) is 4.29. The Hall–Kier alpha value is -3.11. The van der Waals surface area contributed by atoms with Gasteiger partial charge in [0.15, 0.2) is 12.4 Å². The molecule has 1 N–H and O–H groups in total. The van der Waals surface area contributed by atoms with Gasteiger partial charge < -0.3 is 10.1 Å². The maximum atomic E-state index is 12.7. The van der Waals surface area contributed by atoms with Crippen molar-refractivity contribution in [2.75, 3.05) is 11.9 Å². The number of ketones is 1. The maximum Gasteiger partial charge on any atom is 0.262 e. The number of para-hydroxylation sites is 2. The van der Waals surface area contributed by atoms with Gasteiger partial charge in [0.2, 0.25) is 0 Å². The van der Waals surface area contributed by atoms with Gasteiger partial charge >= 0.3 is 0 Å². The van der Waals surface area contributed by atoms with Gasteiger partial charge in [-0.2, -0.15) is 0 Å². The lowest BCUT2D eigenvalue weighted by atomic mass is 10.0. The fourth-order valence-corrected chi connectivity index (χ4v) is 2.62. The van der Waals surface area contributed by atoms with Crippen molar-refractivity contribution in [1.82, 2.24) is 0 Å². The second-order valence-corrected chi connectivity index (χ2v) is 5.92. The zero-order valence-corrected chi connectivity index (χ0v) is 14.6. The van der Waals surface area contributed by atoms with Crippen LogP contribution in [0.1, 0.15) is 15.9 Å². The van der Waals surface area contributed by atoms with Crippen LogP contribution in [0.2, 0.25) is 5.02 Å². The van der Waals surface area contributed by atoms with Gasteiger partial charge in [0.05, 0.1) is 10.7 Å². The lowest BCUT2D eigenvalue weighted by Gasteiger charge is -2.11. The molecule has 0 unspecified atom stereocenters. The van der Waals surface area contributed by atoms with E-state index in [1.807, 2.05) is 6.07 Å². The molecule has 4 nitrogen and oxygen atoms in total. The molecule has 0 fully saturated rings. The largest absolute Gasteiger partial charge is 0.482 e. The van der Waals surface area contributed by atoms with E-state index in [2.05, 4.69) is 5.32 Å². The minimum atomic E-state index is -0.377. The number of amides is 1. The Bertz CT molecular complexity index is 925. The highest BCUT2D eigenvalue weighted by atomic mass is 35.5. The van der Waals surface area contributed by atoms with Gasteiger partial charge in [-0.3, -0.25) is 9.59 Å². The van der Waals surface area contributed by atoms with E-state index in [1.54, 1.807) is 72.8 Å². The number of benzene rings is 3. The Morgan fingerprint density at radius 1 is 0.846 bits per heavy atom. The predicted octanol–water partition coefficient (Wildman–Crippen LogP) is 4.59. The van der Waals surface area contributed by atoms with Gasteiger partial charge in [0.1, 0.15) is 5.75 Å². The van der Waals surface area contributed by atoms with E-state index in [1.165, 1.54) is 0 Å². The predicted molar refractivity (Wildman–Crippen MR) is 102 cm³/mol. The standard InChI is InChI=1S/C21H16ClNO3/c22-17-11-5-7-13-19(17)26-14-20(24)23-18-12-6-4-10-16(18)21(25)15-8-2-1-3-9-15/h1-13H,14H2,(H,23,24). The number of hydrogen-bond acceptors (Lipinski definition) is 3. The van der Waals surface area contributed by atoms with Crippen molar-refractivity contribution >= 4 is 29.0 Å². The van der Waals surface area contributed by atoms with Crippen LogP contribution in [0.5, 0.6) is 5.75 Å². The zero-order chi connectivity index (χ0) is 18.4. The number of halogens is 1. The molecule has 0 spiro atoms. The van der Waals surface area contributed by atoms with Crippen LogP contribution in [0.15, 0.2) is 78.9 Å². The minimum absolute atomic E-state index is 0.159. The number of hydrogen-bond donors (Lipinski definition) is 1. The number of anilines is 1. The van der Waals surface area contributed by atoms with E-state index < -0.39 is 0 Å². The van der Waals surface area contributed by atoms with E-state index >= 15 is 0 Å². The molecule has 0 radical (unpaired) electrons. The summed E-state index contributed by atoms with van der Waals surface area (Å²) < 4.78 is 5.43. The third-order valence-electron chi connectivity index (χ3n) is 3.68. The Kier molecular flexibility index (Phi) is 5.66. The third-order valence-corrected chi connectivity index (χ3v) is 3.99. The Labute approximate surface area is 156 Å². The molecular weight excluding hydrogens is 350 g/mol. The van der Waals surface area contributed by atoms with Crippen LogP contribution >= 0.6 is 11.6 Å². The molecule has 0 saturated heterocycles. The molecule has 3 rings (SSSR count). The van der Waals surface area contributed by atoms with Crippen LogP contribution in [0.3, 0.4) is 0 Å². The van der Waals surface area contributed by atoms with Crippen LogP contribution in [-0.2, 0) is 4.79 Å². The molecule has 0 atom stereocenters. The summed E-state index contributed by atoms with van der Waals surface area (Å²) in [5.41, 5.74) is 1.42. The van der Waals surface area contributed by atoms with Crippen molar-refractivity contribution in [2.24, 2.45) is 0 Å². The minimum Gasteiger partial charge on any atom is -0.482 e. The molecule has 0 aromatic heterocycles. The van der Waals surface area contributed by atoms with E-state index in [4.69, 9.17) is 16.3 Å². The molecule has 0 aliphatic rings. The Balaban J connectivity index is 1.71. The number of nitrogens with one attached hydrogen (secondary N) is 1. The van der Waals surface area contributed by atoms with E-state index in [9.17, 15) is 9.59 Å². The molecule has 3 aromatic rings. The fourth-order valence-electron chi connectivity index (χ4n) is 2.43. The van der Waals surface area contributed by atoms with Crippen LogP contribution in [0, 0.1) is 0 Å². The molecule has 0 bridgehead atoms. The van der Waals surface area contributed by atoms with Gasteiger partial charge in [-0.15, -0.1) is 0 Å². The van der Waals surface area contributed by atoms with Gasteiger partial charge in [-0.05, 0) is 24.3 Å². The quantitative estimate of drug-likeness (QED) is 0.650. The summed E-state index contributed by atoms with van der Waals surface area (Å²) in [5.74, 6) is -0.107. The topological polar surface area (TPSA) is 55.4 Å². The van der Waals surface area contributed by atoms with Crippen molar-refractivity contribution in [1.29, 1.82) is 0 Å². The van der Waals surface area contributed by atoms with Crippen molar-refractivity contribution in [3.05, 3.63) is 95.0 Å². The molecule has 5 heteroatoms. The molecule has 3 aromatic carbocycles. The average molecular weight is 366 g/mol. The van der Waals surface area contributed by atoms with Gasteiger partial charge in [0, 0.05) is 11.1 Å². The average Bonchev–Trinajstić information content (AvgIpc) is 2.68. The molecular formula is C21H16ClNO3. The van der Waals surface area contributed by atoms with Crippen molar-refractivity contribution in [3.63, 3.8) is 0 Å². The summed E-state index contributed by atoms with van der Waals surface area (Å²) in [4.78, 5) is 24.9. The van der Waals surface area contributed by atoms with Crippen LogP contribution in [0.4, 0.5) is 5.69 Å². The maximum absolute atomic E-state index is 12.7. The molecule has 1 amide bonds. The van der Waals surface area contributed by atoms with Gasteiger partial charge in [-0.25, -0.2) is 0 Å². The Morgan fingerprint density at radius 2 is 1.50 bits per heavy atom. The molecule has 0 aliphatic heterocycles. The highest BCUT2D eigenvalue weighted by Crippen LogP contribution is 2.23. The molecule has 26 heavy (non-hydrogen) atoms. The summed E-state index contributed by atoms with van der Waals surface area (Å²) in [6.45, 7) is -0.211. The number of carbonyl (C=O) groups is 2. The van der Waals surface area contributed by atoms with Gasteiger partial charge in [0.25, 0.3) is 5.91 Å². The second kappa shape index (κ2) is 8.32. The van der Waals surface area contributed by atoms with E-state index in [0.29, 0.717) is 27.6 Å². The zero-order valence-electron chi connectivity index (χ0n) is 13.8. The van der Waals surface area contributed by atoms with E-state index in [-0.39, 0.29) is 18.3 Å². The lowest BCUT2D eigenvalue weighted by Crippen LogP contribution is -2.21. The van der Waals surface area contributed by atoms with Crippen LogP contribution in [-0.4, -0.2) is 18.3 Å². The van der Waals surface area contributed by atoms with Crippen LogP contribution in [0.25, 0.3) is 0 Å². The lowest BCUT2D eigenvalue weighted by molar-refractivity contribution is -0.118. The first-order chi connectivity index (χ1) is 12.6. The smallest absolute Gasteiger partial charge is 0.262 e. The van der Waals surface area contributed by atoms with Crippen LogP contribution < -0.4 is 10.1 Å². The summed E-state index contributed by atoms with van der Waals surface area (Å²) in [6.07, 6.45) is 0. The molecule has 0 aliphatic carbocycles. The normalized spacial score (nSPS) is 10.2. The monoisotopic (exact) mass is 365 g/mol. The fraction of sp³-hybridized carbons (Fsp3) is 0.0476. The highest BCUT2D eigenvalue weighted by Gasteiger charge is 2.15. The number of ether oxygens (including phenoxy) is 1. The molecule has 0 heterocycles. The van der Waals surface area contributed by atoms with Crippen molar-refractivity contribution in [2.45, 2.75) is 0 Å². The van der Waals surface area contributed by atoms with Crippen molar-refractivity contribution < 1.29 is 14.3 Å². The van der Waals surface area contributed by atoms with Crippen molar-refractivity contribution in [3.8, 4) is 5.75 Å². The van der Waals surface area contributed by atoms with Gasteiger partial charge in [-0.1, -0.05) is 66.2 Å². The number of rotatable bonds is 6. The summed E-state index contributed by atoms with van der Waals surface area (Å²) in [7, 11) is 0. The molecule has 0 saturated carbocycles. The highest BCUT2D eigenvalue weighted by molar-refractivity contribution is 6.32. The second-order valence-electron chi connectivity index (χ2n) is 5.51.